The quantitative estimate of drug-likeness (QED) is 0.800. The van der Waals surface area contributed by atoms with Crippen LogP contribution in [0.3, 0.4) is 0 Å². The summed E-state index contributed by atoms with van der Waals surface area (Å²) < 4.78 is 0. The van der Waals surface area contributed by atoms with Gasteiger partial charge in [-0.25, -0.2) is 0 Å². The number of hydrogen-bond donors (Lipinski definition) is 0. The lowest BCUT2D eigenvalue weighted by molar-refractivity contribution is 0.455. The molecule has 1 aliphatic rings. The number of pyridine rings is 1. The maximum Gasteiger partial charge on any atom is 0.0790 e. The molecular formula is C14H23N3. The second-order valence-corrected chi connectivity index (χ2v) is 5.04. The third-order valence-corrected chi connectivity index (χ3v) is 4.06. The average Bonchev–Trinajstić information content (AvgIpc) is 2.36. The summed E-state index contributed by atoms with van der Waals surface area (Å²) in [5.41, 5.74) is 2.55. The Balaban J connectivity index is 2.29. The lowest BCUT2D eigenvalue weighted by Gasteiger charge is -2.46. The van der Waals surface area contributed by atoms with E-state index in [1.165, 1.54) is 30.6 Å². The van der Waals surface area contributed by atoms with Crippen LogP contribution in [0.1, 0.15) is 33.1 Å². The summed E-state index contributed by atoms with van der Waals surface area (Å²) in [4.78, 5) is 9.03. The van der Waals surface area contributed by atoms with Gasteiger partial charge in [-0.15, -0.1) is 0 Å². The molecule has 0 fully saturated rings. The second-order valence-electron chi connectivity index (χ2n) is 5.04. The van der Waals surface area contributed by atoms with E-state index in [2.05, 4.69) is 48.8 Å². The minimum absolute atomic E-state index is 0.545. The van der Waals surface area contributed by atoms with Crippen LogP contribution in [0.5, 0.6) is 0 Å². The number of likely N-dealkylation sites (N-methyl/N-ethyl adjacent to an activating group) is 2. The van der Waals surface area contributed by atoms with Gasteiger partial charge in [0, 0.05) is 32.4 Å². The van der Waals surface area contributed by atoms with Crippen molar-refractivity contribution in [2.24, 2.45) is 0 Å². The third kappa shape index (κ3) is 2.11. The van der Waals surface area contributed by atoms with Crippen molar-refractivity contribution < 1.29 is 0 Å². The second kappa shape index (κ2) is 4.94. The van der Waals surface area contributed by atoms with Gasteiger partial charge in [0.15, 0.2) is 0 Å². The van der Waals surface area contributed by atoms with E-state index in [-0.39, 0.29) is 0 Å². The highest BCUT2D eigenvalue weighted by atomic mass is 15.3. The number of unbranched alkanes of at least 4 members (excludes halogenated alkanes) is 1. The lowest BCUT2D eigenvalue weighted by Crippen LogP contribution is -2.52. The topological polar surface area (TPSA) is 19.4 Å². The highest BCUT2D eigenvalue weighted by Crippen LogP contribution is 2.36. The van der Waals surface area contributed by atoms with Crippen molar-refractivity contribution in [3.05, 3.63) is 18.5 Å². The Bertz CT molecular complexity index is 377. The fraction of sp³-hybridized carbons (Fsp3) is 0.643. The van der Waals surface area contributed by atoms with Crippen LogP contribution < -0.4 is 9.80 Å². The molecular weight excluding hydrogens is 210 g/mol. The molecule has 0 spiro atoms. The first kappa shape index (κ1) is 12.2. The van der Waals surface area contributed by atoms with Crippen LogP contribution in [-0.2, 0) is 0 Å². The Morgan fingerprint density at radius 2 is 2.00 bits per heavy atom. The van der Waals surface area contributed by atoms with Gasteiger partial charge >= 0.3 is 0 Å². The fourth-order valence-corrected chi connectivity index (χ4v) is 2.78. The first-order valence-corrected chi connectivity index (χ1v) is 6.56. The standard InChI is InChI=1S/C14H23N3/c1-5-6-7-12-11(2)16(3)14-10-15-9-8-13(14)17(12)4/h8-12H,5-7H2,1-4H3. The van der Waals surface area contributed by atoms with E-state index in [4.69, 9.17) is 0 Å². The van der Waals surface area contributed by atoms with Crippen LogP contribution >= 0.6 is 0 Å². The number of anilines is 2. The molecule has 94 valence electrons. The first-order chi connectivity index (χ1) is 8.16. The summed E-state index contributed by atoms with van der Waals surface area (Å²) >= 11 is 0. The van der Waals surface area contributed by atoms with E-state index in [0.717, 1.165) is 0 Å². The first-order valence-electron chi connectivity index (χ1n) is 6.56. The molecule has 0 amide bonds. The van der Waals surface area contributed by atoms with Gasteiger partial charge in [-0.2, -0.15) is 0 Å². The summed E-state index contributed by atoms with van der Waals surface area (Å²) in [5.74, 6) is 0. The Labute approximate surface area is 104 Å². The zero-order valence-electron chi connectivity index (χ0n) is 11.3. The van der Waals surface area contributed by atoms with Crippen molar-refractivity contribution in [3.63, 3.8) is 0 Å². The van der Waals surface area contributed by atoms with Crippen molar-refractivity contribution in [1.82, 2.24) is 4.98 Å². The molecule has 17 heavy (non-hydrogen) atoms. The number of fused-ring (bicyclic) bond motifs is 1. The van der Waals surface area contributed by atoms with Gasteiger partial charge in [0.05, 0.1) is 17.6 Å². The van der Waals surface area contributed by atoms with Crippen molar-refractivity contribution >= 4 is 11.4 Å². The molecule has 2 unspecified atom stereocenters. The van der Waals surface area contributed by atoms with Crippen molar-refractivity contribution in [2.75, 3.05) is 23.9 Å². The Morgan fingerprint density at radius 3 is 2.71 bits per heavy atom. The smallest absolute Gasteiger partial charge is 0.0790 e. The van der Waals surface area contributed by atoms with Crippen LogP contribution in [0.2, 0.25) is 0 Å². The minimum atomic E-state index is 0.545. The van der Waals surface area contributed by atoms with E-state index in [9.17, 15) is 0 Å². The maximum absolute atomic E-state index is 4.24. The lowest BCUT2D eigenvalue weighted by atomic mass is 9.96. The molecule has 0 bridgehead atoms. The van der Waals surface area contributed by atoms with Crippen LogP contribution in [0.25, 0.3) is 0 Å². The Hall–Kier alpha value is -1.25. The highest BCUT2D eigenvalue weighted by molar-refractivity contribution is 5.73. The predicted molar refractivity (Wildman–Crippen MR) is 73.8 cm³/mol. The highest BCUT2D eigenvalue weighted by Gasteiger charge is 2.32. The van der Waals surface area contributed by atoms with Gasteiger partial charge in [-0.3, -0.25) is 4.98 Å². The molecule has 2 atom stereocenters. The van der Waals surface area contributed by atoms with E-state index in [1.54, 1.807) is 0 Å². The SMILES string of the molecule is CCCCC1C(C)N(C)c2cnccc2N1C. The van der Waals surface area contributed by atoms with E-state index in [1.807, 2.05) is 12.4 Å². The minimum Gasteiger partial charge on any atom is -0.368 e. The van der Waals surface area contributed by atoms with Gasteiger partial charge in [-0.1, -0.05) is 19.8 Å². The number of aromatic nitrogens is 1. The Morgan fingerprint density at radius 1 is 1.24 bits per heavy atom. The molecule has 0 N–H and O–H groups in total. The maximum atomic E-state index is 4.24. The zero-order chi connectivity index (χ0) is 12.4. The molecule has 1 aliphatic heterocycles. The molecule has 3 heteroatoms. The summed E-state index contributed by atoms with van der Waals surface area (Å²) in [6.07, 6.45) is 7.69. The number of hydrogen-bond acceptors (Lipinski definition) is 3. The van der Waals surface area contributed by atoms with Gasteiger partial charge in [-0.05, 0) is 19.4 Å². The van der Waals surface area contributed by atoms with Crippen molar-refractivity contribution in [1.29, 1.82) is 0 Å². The van der Waals surface area contributed by atoms with E-state index in [0.29, 0.717) is 12.1 Å². The number of rotatable bonds is 3. The average molecular weight is 233 g/mol. The van der Waals surface area contributed by atoms with Gasteiger partial charge in [0.2, 0.25) is 0 Å². The van der Waals surface area contributed by atoms with Crippen LogP contribution in [0, 0.1) is 0 Å². The zero-order valence-corrected chi connectivity index (χ0v) is 11.3. The van der Waals surface area contributed by atoms with Crippen LogP contribution in [0.15, 0.2) is 18.5 Å². The monoisotopic (exact) mass is 233 g/mol. The summed E-state index contributed by atoms with van der Waals surface area (Å²) in [5, 5.41) is 0. The molecule has 0 aliphatic carbocycles. The molecule has 3 nitrogen and oxygen atoms in total. The molecule has 0 saturated heterocycles. The van der Waals surface area contributed by atoms with Crippen LogP contribution in [-0.4, -0.2) is 31.2 Å². The van der Waals surface area contributed by atoms with E-state index >= 15 is 0 Å². The van der Waals surface area contributed by atoms with Gasteiger partial charge in [0.1, 0.15) is 0 Å². The molecule has 0 aromatic carbocycles. The normalized spacial score (nSPS) is 23.8. The fourth-order valence-electron chi connectivity index (χ4n) is 2.78. The molecule has 0 saturated carbocycles. The summed E-state index contributed by atoms with van der Waals surface area (Å²) in [6.45, 7) is 4.57. The molecule has 1 aromatic rings. The Kier molecular flexibility index (Phi) is 3.55. The molecule has 2 rings (SSSR count). The van der Waals surface area contributed by atoms with Crippen LogP contribution in [0.4, 0.5) is 11.4 Å². The molecule has 0 radical (unpaired) electrons. The summed E-state index contributed by atoms with van der Waals surface area (Å²) in [6, 6.07) is 3.27. The summed E-state index contributed by atoms with van der Waals surface area (Å²) in [7, 11) is 4.39. The van der Waals surface area contributed by atoms with E-state index < -0.39 is 0 Å². The largest absolute Gasteiger partial charge is 0.368 e. The predicted octanol–water partition coefficient (Wildman–Crippen LogP) is 2.91. The third-order valence-electron chi connectivity index (χ3n) is 4.06. The van der Waals surface area contributed by atoms with Gasteiger partial charge in [0.25, 0.3) is 0 Å². The van der Waals surface area contributed by atoms with Crippen molar-refractivity contribution in [3.8, 4) is 0 Å². The van der Waals surface area contributed by atoms with Crippen molar-refractivity contribution in [2.45, 2.75) is 45.2 Å². The molecule has 2 heterocycles. The van der Waals surface area contributed by atoms with Gasteiger partial charge < -0.3 is 9.80 Å². The number of nitrogens with zero attached hydrogens (tertiary/aromatic N) is 3. The molecule has 1 aromatic heterocycles.